The normalized spacial score (nSPS) is 14.7. The molecule has 0 aliphatic heterocycles. The average molecular weight is 346 g/mol. The van der Waals surface area contributed by atoms with Crippen LogP contribution in [0.25, 0.3) is 0 Å². The first-order valence-corrected chi connectivity index (χ1v) is 9.64. The fraction of sp³-hybridized carbons (Fsp3) is 0.600. The highest BCUT2D eigenvalue weighted by molar-refractivity contribution is 5.95. The zero-order chi connectivity index (χ0) is 18.1. The van der Waals surface area contributed by atoms with E-state index in [1.54, 1.807) is 24.3 Å². The number of quaternary nitrogens is 1. The molecule has 0 aromatic heterocycles. The van der Waals surface area contributed by atoms with E-state index in [0.29, 0.717) is 24.4 Å². The van der Waals surface area contributed by atoms with Crippen molar-refractivity contribution in [3.05, 3.63) is 29.8 Å². The summed E-state index contributed by atoms with van der Waals surface area (Å²) in [6.07, 6.45) is 5.44. The van der Waals surface area contributed by atoms with Crippen LogP contribution in [0.4, 0.5) is 5.69 Å². The zero-order valence-corrected chi connectivity index (χ0v) is 15.6. The van der Waals surface area contributed by atoms with Crippen molar-refractivity contribution in [2.24, 2.45) is 5.92 Å². The van der Waals surface area contributed by atoms with Crippen molar-refractivity contribution in [3.63, 3.8) is 0 Å². The Morgan fingerprint density at radius 2 is 1.72 bits per heavy atom. The van der Waals surface area contributed by atoms with Gasteiger partial charge < -0.3 is 15.5 Å². The van der Waals surface area contributed by atoms with E-state index >= 15 is 0 Å². The molecule has 1 aliphatic rings. The lowest BCUT2D eigenvalue weighted by Crippen LogP contribution is -3.12. The first-order chi connectivity index (χ1) is 12.1. The molecule has 1 aromatic rings. The van der Waals surface area contributed by atoms with Crippen molar-refractivity contribution < 1.29 is 14.5 Å². The minimum absolute atomic E-state index is 0.0598. The highest BCUT2D eigenvalue weighted by atomic mass is 16.2. The minimum atomic E-state index is -0.0598. The number of hydrogen-bond acceptors (Lipinski definition) is 2. The molecule has 0 unspecified atom stereocenters. The lowest BCUT2D eigenvalue weighted by Gasteiger charge is -2.15. The Kier molecular flexibility index (Phi) is 7.92. The van der Waals surface area contributed by atoms with Gasteiger partial charge in [0.05, 0.1) is 26.2 Å². The second kappa shape index (κ2) is 10.2. The number of nitrogens with one attached hydrogen (secondary N) is 3. The summed E-state index contributed by atoms with van der Waals surface area (Å²) >= 11 is 0. The van der Waals surface area contributed by atoms with E-state index < -0.39 is 0 Å². The topological polar surface area (TPSA) is 62.6 Å². The van der Waals surface area contributed by atoms with E-state index in [-0.39, 0.29) is 11.8 Å². The molecule has 1 saturated carbocycles. The Morgan fingerprint density at radius 1 is 1.08 bits per heavy atom. The molecule has 0 atom stereocenters. The number of rotatable bonds is 9. The number of benzene rings is 1. The summed E-state index contributed by atoms with van der Waals surface area (Å²) in [6.45, 7) is 8.06. The zero-order valence-electron chi connectivity index (χ0n) is 15.6. The lowest BCUT2D eigenvalue weighted by atomic mass is 10.0. The fourth-order valence-electron chi connectivity index (χ4n) is 3.45. The Hall–Kier alpha value is -1.88. The smallest absolute Gasteiger partial charge is 0.251 e. The molecule has 138 valence electrons. The van der Waals surface area contributed by atoms with E-state index in [9.17, 15) is 9.59 Å². The van der Waals surface area contributed by atoms with Gasteiger partial charge in [0, 0.05) is 17.7 Å². The van der Waals surface area contributed by atoms with Gasteiger partial charge in [-0.3, -0.25) is 9.59 Å². The molecule has 1 aromatic carbocycles. The molecular formula is C20H32N3O2+. The van der Waals surface area contributed by atoms with Crippen LogP contribution in [0.3, 0.4) is 0 Å². The molecule has 5 heteroatoms. The molecule has 3 N–H and O–H groups in total. The van der Waals surface area contributed by atoms with Crippen LogP contribution < -0.4 is 15.5 Å². The molecule has 0 bridgehead atoms. The van der Waals surface area contributed by atoms with Crippen LogP contribution in [0, 0.1) is 5.92 Å². The number of amides is 2. The van der Waals surface area contributed by atoms with Crippen LogP contribution in [-0.2, 0) is 4.79 Å². The maximum atomic E-state index is 12.2. The predicted molar refractivity (Wildman–Crippen MR) is 101 cm³/mol. The first kappa shape index (κ1) is 19.4. The Bertz CT molecular complexity index is 547. The van der Waals surface area contributed by atoms with Gasteiger partial charge in [0.2, 0.25) is 5.91 Å². The largest absolute Gasteiger partial charge is 0.346 e. The quantitative estimate of drug-likeness (QED) is 0.639. The number of likely N-dealkylation sites (N-methyl/N-ethyl adjacent to an activating group) is 1. The standard InChI is InChI=1S/C20H31N3O2/c1-3-23(4-2)14-13-21-20(25)17-9-11-18(12-10-17)22-19(24)15-16-7-5-6-8-16/h9-12,16H,3-8,13-15H2,1-2H3,(H,21,25)(H,22,24)/p+1. The maximum absolute atomic E-state index is 12.2. The van der Waals surface area contributed by atoms with Crippen LogP contribution >= 0.6 is 0 Å². The minimum Gasteiger partial charge on any atom is -0.346 e. The van der Waals surface area contributed by atoms with Crippen LogP contribution in [0.5, 0.6) is 0 Å². The van der Waals surface area contributed by atoms with Crippen LogP contribution in [0.1, 0.15) is 56.3 Å². The molecule has 1 fully saturated rings. The van der Waals surface area contributed by atoms with Crippen LogP contribution in [0.15, 0.2) is 24.3 Å². The summed E-state index contributed by atoms with van der Waals surface area (Å²) < 4.78 is 0. The van der Waals surface area contributed by atoms with Crippen LogP contribution in [0.2, 0.25) is 0 Å². The van der Waals surface area contributed by atoms with Crippen molar-refractivity contribution in [2.75, 3.05) is 31.5 Å². The molecule has 1 aliphatic carbocycles. The van der Waals surface area contributed by atoms with Crippen molar-refractivity contribution in [1.29, 1.82) is 0 Å². The summed E-state index contributed by atoms with van der Waals surface area (Å²) in [6, 6.07) is 7.14. The molecule has 2 rings (SSSR count). The van der Waals surface area contributed by atoms with E-state index in [1.807, 2.05) is 0 Å². The van der Waals surface area contributed by atoms with Crippen molar-refractivity contribution >= 4 is 17.5 Å². The molecule has 0 radical (unpaired) electrons. The third kappa shape index (κ3) is 6.50. The molecule has 0 saturated heterocycles. The van der Waals surface area contributed by atoms with E-state index in [4.69, 9.17) is 0 Å². The second-order valence-corrected chi connectivity index (χ2v) is 6.94. The Labute approximate surface area is 151 Å². The summed E-state index contributed by atoms with van der Waals surface area (Å²) in [5.41, 5.74) is 1.38. The number of hydrogen-bond donors (Lipinski definition) is 3. The summed E-state index contributed by atoms with van der Waals surface area (Å²) in [7, 11) is 0. The average Bonchev–Trinajstić information content (AvgIpc) is 3.12. The van der Waals surface area contributed by atoms with Gasteiger partial charge >= 0.3 is 0 Å². The fourth-order valence-corrected chi connectivity index (χ4v) is 3.45. The number of carbonyl (C=O) groups is 2. The van der Waals surface area contributed by atoms with Gasteiger partial charge in [-0.25, -0.2) is 0 Å². The summed E-state index contributed by atoms with van der Waals surface area (Å²) in [5.74, 6) is 0.555. The third-order valence-electron chi connectivity index (χ3n) is 5.14. The van der Waals surface area contributed by atoms with Gasteiger partial charge in [0.15, 0.2) is 0 Å². The van der Waals surface area contributed by atoms with E-state index in [2.05, 4.69) is 24.5 Å². The second-order valence-electron chi connectivity index (χ2n) is 6.94. The van der Waals surface area contributed by atoms with Gasteiger partial charge in [-0.15, -0.1) is 0 Å². The molecule has 2 amide bonds. The first-order valence-electron chi connectivity index (χ1n) is 9.64. The molecular weight excluding hydrogens is 314 g/mol. The van der Waals surface area contributed by atoms with E-state index in [0.717, 1.165) is 25.3 Å². The van der Waals surface area contributed by atoms with Gasteiger partial charge in [-0.05, 0) is 56.9 Å². The highest BCUT2D eigenvalue weighted by Gasteiger charge is 2.18. The lowest BCUT2D eigenvalue weighted by molar-refractivity contribution is -0.895. The van der Waals surface area contributed by atoms with Gasteiger partial charge in [0.1, 0.15) is 0 Å². The maximum Gasteiger partial charge on any atom is 0.251 e. The monoisotopic (exact) mass is 346 g/mol. The molecule has 0 spiro atoms. The van der Waals surface area contributed by atoms with Gasteiger partial charge in [0.25, 0.3) is 5.91 Å². The summed E-state index contributed by atoms with van der Waals surface area (Å²) in [5, 5.41) is 5.89. The summed E-state index contributed by atoms with van der Waals surface area (Å²) in [4.78, 5) is 25.7. The molecule has 25 heavy (non-hydrogen) atoms. The van der Waals surface area contributed by atoms with Crippen molar-refractivity contribution in [1.82, 2.24) is 5.32 Å². The van der Waals surface area contributed by atoms with Gasteiger partial charge in [-0.2, -0.15) is 0 Å². The highest BCUT2D eigenvalue weighted by Crippen LogP contribution is 2.27. The molecule has 0 heterocycles. The SMILES string of the molecule is CC[NH+](CC)CCNC(=O)c1ccc(NC(=O)CC2CCCC2)cc1. The van der Waals surface area contributed by atoms with Gasteiger partial charge in [-0.1, -0.05) is 12.8 Å². The predicted octanol–water partition coefficient (Wildman–Crippen LogP) is 1.86. The third-order valence-corrected chi connectivity index (χ3v) is 5.14. The van der Waals surface area contributed by atoms with Crippen molar-refractivity contribution in [2.45, 2.75) is 46.0 Å². The van der Waals surface area contributed by atoms with Crippen molar-refractivity contribution in [3.8, 4) is 0 Å². The molecule has 5 nitrogen and oxygen atoms in total. The number of anilines is 1. The van der Waals surface area contributed by atoms with E-state index in [1.165, 1.54) is 30.6 Å². The number of carbonyl (C=O) groups excluding carboxylic acids is 2. The van der Waals surface area contributed by atoms with Crippen LogP contribution in [-0.4, -0.2) is 38.0 Å². The Balaban J connectivity index is 1.76. The Morgan fingerprint density at radius 3 is 2.32 bits per heavy atom.